The molecule has 2 aromatic carbocycles. The lowest BCUT2D eigenvalue weighted by Crippen LogP contribution is -2.27. The molecule has 29 heavy (non-hydrogen) atoms. The molecule has 150 valence electrons. The number of amides is 1. The largest absolute Gasteiger partial charge is 0.352 e. The van der Waals surface area contributed by atoms with E-state index in [0.29, 0.717) is 19.5 Å². The Kier molecular flexibility index (Phi) is 5.38. The maximum atomic E-state index is 12.2. The van der Waals surface area contributed by atoms with Crippen molar-refractivity contribution in [1.82, 2.24) is 10.3 Å². The van der Waals surface area contributed by atoms with Crippen LogP contribution in [0.4, 0.5) is 5.69 Å². The minimum atomic E-state index is -3.25. The van der Waals surface area contributed by atoms with Gasteiger partial charge in [-0.15, -0.1) is 11.3 Å². The molecule has 0 saturated carbocycles. The predicted octanol–water partition coefficient (Wildman–Crippen LogP) is 2.99. The van der Waals surface area contributed by atoms with Gasteiger partial charge in [-0.25, -0.2) is 13.4 Å². The Morgan fingerprint density at radius 1 is 1.21 bits per heavy atom. The zero-order valence-corrected chi connectivity index (χ0v) is 17.6. The summed E-state index contributed by atoms with van der Waals surface area (Å²) in [5.74, 6) is -0.0625. The molecule has 2 heterocycles. The lowest BCUT2D eigenvalue weighted by Gasteiger charge is -2.16. The van der Waals surface area contributed by atoms with Gasteiger partial charge in [-0.2, -0.15) is 0 Å². The molecule has 3 aromatic rings. The monoisotopic (exact) mass is 427 g/mol. The SMILES string of the molecule is CS(=O)(=O)N1CCc2cc(-c3csc(CC(=O)NCc4ccccc4)n3)ccc21. The number of carbonyl (C=O) groups is 1. The Bertz CT molecular complexity index is 1140. The number of hydrogen-bond donors (Lipinski definition) is 1. The van der Waals surface area contributed by atoms with Crippen molar-refractivity contribution >= 4 is 33.0 Å². The van der Waals surface area contributed by atoms with Gasteiger partial charge in [-0.1, -0.05) is 36.4 Å². The van der Waals surface area contributed by atoms with Crippen molar-refractivity contribution in [2.45, 2.75) is 19.4 Å². The zero-order valence-electron chi connectivity index (χ0n) is 16.0. The van der Waals surface area contributed by atoms with Gasteiger partial charge in [0.05, 0.1) is 24.1 Å². The summed E-state index contributed by atoms with van der Waals surface area (Å²) in [7, 11) is -3.25. The van der Waals surface area contributed by atoms with Crippen LogP contribution in [0, 0.1) is 0 Å². The number of carbonyl (C=O) groups excluding carboxylic acids is 1. The van der Waals surface area contributed by atoms with E-state index in [9.17, 15) is 13.2 Å². The second-order valence-electron chi connectivity index (χ2n) is 6.99. The Labute approximate surface area is 174 Å². The fourth-order valence-electron chi connectivity index (χ4n) is 3.40. The summed E-state index contributed by atoms with van der Waals surface area (Å²) < 4.78 is 25.2. The summed E-state index contributed by atoms with van der Waals surface area (Å²) in [6.07, 6.45) is 2.16. The standard InChI is InChI=1S/C21H21N3O3S2/c1-29(26,27)24-10-9-17-11-16(7-8-19(17)24)18-14-28-21(23-18)12-20(25)22-13-15-5-3-2-4-6-15/h2-8,11,14H,9-10,12-13H2,1H3,(H,22,25). The summed E-state index contributed by atoms with van der Waals surface area (Å²) in [6, 6.07) is 15.5. The second kappa shape index (κ2) is 7.96. The minimum absolute atomic E-state index is 0.0625. The van der Waals surface area contributed by atoms with Crippen molar-refractivity contribution in [2.75, 3.05) is 17.1 Å². The van der Waals surface area contributed by atoms with Crippen LogP contribution in [0.5, 0.6) is 0 Å². The first-order chi connectivity index (χ1) is 13.9. The van der Waals surface area contributed by atoms with Crippen molar-refractivity contribution in [3.63, 3.8) is 0 Å². The highest BCUT2D eigenvalue weighted by atomic mass is 32.2. The van der Waals surface area contributed by atoms with Crippen LogP contribution >= 0.6 is 11.3 Å². The second-order valence-corrected chi connectivity index (χ2v) is 9.84. The van der Waals surface area contributed by atoms with E-state index in [1.54, 1.807) is 0 Å². The van der Waals surface area contributed by atoms with Gasteiger partial charge in [0.2, 0.25) is 15.9 Å². The van der Waals surface area contributed by atoms with E-state index in [2.05, 4.69) is 10.3 Å². The third-order valence-corrected chi connectivity index (χ3v) is 6.85. The van der Waals surface area contributed by atoms with Crippen LogP contribution in [0.1, 0.15) is 16.1 Å². The fraction of sp³-hybridized carbons (Fsp3) is 0.238. The van der Waals surface area contributed by atoms with Gasteiger partial charge in [0, 0.05) is 24.0 Å². The van der Waals surface area contributed by atoms with E-state index in [-0.39, 0.29) is 12.3 Å². The van der Waals surface area contributed by atoms with E-state index < -0.39 is 10.0 Å². The quantitative estimate of drug-likeness (QED) is 0.656. The molecule has 1 aliphatic heterocycles. The maximum absolute atomic E-state index is 12.2. The van der Waals surface area contributed by atoms with Crippen molar-refractivity contribution in [1.29, 1.82) is 0 Å². The van der Waals surface area contributed by atoms with E-state index in [1.165, 1.54) is 21.9 Å². The van der Waals surface area contributed by atoms with Gasteiger partial charge in [-0.3, -0.25) is 9.10 Å². The van der Waals surface area contributed by atoms with Crippen LogP contribution in [0.3, 0.4) is 0 Å². The highest BCUT2D eigenvalue weighted by Crippen LogP contribution is 2.34. The molecular weight excluding hydrogens is 406 g/mol. The maximum Gasteiger partial charge on any atom is 0.232 e. The molecule has 8 heteroatoms. The highest BCUT2D eigenvalue weighted by molar-refractivity contribution is 7.92. The highest BCUT2D eigenvalue weighted by Gasteiger charge is 2.26. The molecule has 1 amide bonds. The van der Waals surface area contributed by atoms with Crippen molar-refractivity contribution in [3.05, 3.63) is 70.0 Å². The first-order valence-electron chi connectivity index (χ1n) is 9.26. The molecule has 0 bridgehead atoms. The molecule has 6 nitrogen and oxygen atoms in total. The Morgan fingerprint density at radius 2 is 2.00 bits per heavy atom. The molecule has 0 saturated heterocycles. The van der Waals surface area contributed by atoms with Gasteiger partial charge in [-0.05, 0) is 29.7 Å². The number of fused-ring (bicyclic) bond motifs is 1. The van der Waals surface area contributed by atoms with E-state index in [1.807, 2.05) is 53.9 Å². The number of rotatable bonds is 6. The number of sulfonamides is 1. The number of aromatic nitrogens is 1. The van der Waals surface area contributed by atoms with Crippen LogP contribution in [-0.2, 0) is 34.2 Å². The summed E-state index contributed by atoms with van der Waals surface area (Å²) in [5, 5.41) is 5.60. The third kappa shape index (κ3) is 4.49. The first kappa shape index (κ1) is 19.6. The van der Waals surface area contributed by atoms with Gasteiger partial charge in [0.25, 0.3) is 0 Å². The van der Waals surface area contributed by atoms with Crippen LogP contribution in [0.15, 0.2) is 53.9 Å². The van der Waals surface area contributed by atoms with Crippen LogP contribution in [0.2, 0.25) is 0 Å². The van der Waals surface area contributed by atoms with Gasteiger partial charge in [0.15, 0.2) is 0 Å². The average molecular weight is 428 g/mol. The summed E-state index contributed by atoms with van der Waals surface area (Å²) in [6.45, 7) is 0.973. The van der Waals surface area contributed by atoms with Crippen LogP contribution in [0.25, 0.3) is 11.3 Å². The number of nitrogens with zero attached hydrogens (tertiary/aromatic N) is 2. The lowest BCUT2D eigenvalue weighted by molar-refractivity contribution is -0.120. The molecule has 0 fully saturated rings. The Balaban J connectivity index is 1.42. The molecule has 1 aliphatic rings. The normalized spacial score (nSPS) is 13.3. The third-order valence-electron chi connectivity index (χ3n) is 4.82. The van der Waals surface area contributed by atoms with Crippen molar-refractivity contribution in [2.24, 2.45) is 0 Å². The number of hydrogen-bond acceptors (Lipinski definition) is 5. The number of thiazole rings is 1. The molecule has 0 atom stereocenters. The van der Waals surface area contributed by atoms with Gasteiger partial charge >= 0.3 is 0 Å². The summed E-state index contributed by atoms with van der Waals surface area (Å²) >= 11 is 1.45. The predicted molar refractivity (Wildman–Crippen MR) is 115 cm³/mol. The van der Waals surface area contributed by atoms with Crippen LogP contribution in [-0.4, -0.2) is 32.1 Å². The molecule has 0 radical (unpaired) electrons. The van der Waals surface area contributed by atoms with Gasteiger partial charge in [0.1, 0.15) is 5.01 Å². The lowest BCUT2D eigenvalue weighted by atomic mass is 10.1. The average Bonchev–Trinajstić information content (AvgIpc) is 3.33. The molecule has 0 aliphatic carbocycles. The molecule has 0 unspecified atom stereocenters. The fourth-order valence-corrected chi connectivity index (χ4v) is 5.16. The Morgan fingerprint density at radius 3 is 2.76 bits per heavy atom. The smallest absolute Gasteiger partial charge is 0.232 e. The van der Waals surface area contributed by atoms with Crippen molar-refractivity contribution < 1.29 is 13.2 Å². The van der Waals surface area contributed by atoms with E-state index in [4.69, 9.17) is 0 Å². The Hall–Kier alpha value is -2.71. The number of anilines is 1. The van der Waals surface area contributed by atoms with Gasteiger partial charge < -0.3 is 5.32 Å². The minimum Gasteiger partial charge on any atom is -0.352 e. The number of nitrogens with one attached hydrogen (secondary N) is 1. The van der Waals surface area contributed by atoms with Crippen LogP contribution < -0.4 is 9.62 Å². The summed E-state index contributed by atoms with van der Waals surface area (Å²) in [4.78, 5) is 16.8. The van der Waals surface area contributed by atoms with E-state index >= 15 is 0 Å². The number of benzene rings is 2. The topological polar surface area (TPSA) is 79.4 Å². The zero-order chi connectivity index (χ0) is 20.4. The summed E-state index contributed by atoms with van der Waals surface area (Å²) in [5.41, 5.74) is 4.55. The molecule has 1 aromatic heterocycles. The first-order valence-corrected chi connectivity index (χ1v) is 12.0. The molecule has 0 spiro atoms. The van der Waals surface area contributed by atoms with E-state index in [0.717, 1.165) is 33.1 Å². The molecular formula is C21H21N3O3S2. The molecule has 4 rings (SSSR count). The molecule has 1 N–H and O–H groups in total. The van der Waals surface area contributed by atoms with Crippen molar-refractivity contribution in [3.8, 4) is 11.3 Å².